The van der Waals surface area contributed by atoms with Crippen molar-refractivity contribution in [2.45, 2.75) is 12.8 Å². The van der Waals surface area contributed by atoms with Gasteiger partial charge < -0.3 is 15.2 Å². The van der Waals surface area contributed by atoms with Crippen molar-refractivity contribution in [1.29, 1.82) is 0 Å². The number of rotatable bonds is 5. The summed E-state index contributed by atoms with van der Waals surface area (Å²) in [4.78, 5) is 26.7. The molecular weight excluding hydrogens is 362 g/mol. The van der Waals surface area contributed by atoms with Crippen LogP contribution < -0.4 is 10.2 Å². The van der Waals surface area contributed by atoms with E-state index in [9.17, 15) is 4.79 Å². The van der Waals surface area contributed by atoms with Gasteiger partial charge in [0.15, 0.2) is 0 Å². The summed E-state index contributed by atoms with van der Waals surface area (Å²) < 4.78 is 0. The first kappa shape index (κ1) is 17.4. The highest BCUT2D eigenvalue weighted by atomic mass is 16.1. The lowest BCUT2D eigenvalue weighted by Crippen LogP contribution is -2.26. The minimum Gasteiger partial charge on any atom is -0.361 e. The first-order chi connectivity index (χ1) is 14.3. The second-order valence-corrected chi connectivity index (χ2v) is 7.17. The summed E-state index contributed by atoms with van der Waals surface area (Å²) in [7, 11) is 0. The fourth-order valence-corrected chi connectivity index (χ4v) is 3.88. The van der Waals surface area contributed by atoms with Gasteiger partial charge in [-0.15, -0.1) is 0 Å². The van der Waals surface area contributed by atoms with Gasteiger partial charge in [0.2, 0.25) is 5.95 Å². The Morgan fingerprint density at radius 1 is 1.07 bits per heavy atom. The molecule has 6 heteroatoms. The summed E-state index contributed by atoms with van der Waals surface area (Å²) in [6.07, 6.45) is 6.95. The monoisotopic (exact) mass is 383 g/mol. The fourth-order valence-electron chi connectivity index (χ4n) is 3.88. The van der Waals surface area contributed by atoms with Crippen LogP contribution in [0.5, 0.6) is 0 Å². The predicted molar refractivity (Wildman–Crippen MR) is 114 cm³/mol. The molecule has 0 fully saturated rings. The molecule has 0 saturated heterocycles. The molecule has 3 heterocycles. The summed E-state index contributed by atoms with van der Waals surface area (Å²) in [5.74, 6) is 0.475. The second-order valence-electron chi connectivity index (χ2n) is 7.17. The summed E-state index contributed by atoms with van der Waals surface area (Å²) >= 11 is 0. The van der Waals surface area contributed by atoms with E-state index in [4.69, 9.17) is 0 Å². The van der Waals surface area contributed by atoms with Crippen molar-refractivity contribution in [2.24, 2.45) is 0 Å². The van der Waals surface area contributed by atoms with Gasteiger partial charge in [-0.3, -0.25) is 4.79 Å². The topological polar surface area (TPSA) is 73.9 Å². The molecular formula is C23H21N5O. The van der Waals surface area contributed by atoms with Crippen LogP contribution in [-0.4, -0.2) is 33.9 Å². The highest BCUT2D eigenvalue weighted by molar-refractivity contribution is 5.93. The molecule has 6 nitrogen and oxygen atoms in total. The number of benzene rings is 2. The van der Waals surface area contributed by atoms with Gasteiger partial charge in [0, 0.05) is 48.3 Å². The van der Waals surface area contributed by atoms with Gasteiger partial charge in [0.05, 0.1) is 5.56 Å². The number of aromatic amines is 1. The molecule has 0 saturated carbocycles. The van der Waals surface area contributed by atoms with E-state index in [2.05, 4.69) is 49.4 Å². The third-order valence-electron chi connectivity index (χ3n) is 5.38. The lowest BCUT2D eigenvalue weighted by Gasteiger charge is -2.16. The number of hydrogen-bond acceptors (Lipinski definition) is 4. The Hall–Kier alpha value is -3.67. The highest BCUT2D eigenvalue weighted by Gasteiger charge is 2.22. The molecule has 0 atom stereocenters. The number of H-pyrrole nitrogens is 1. The Morgan fingerprint density at radius 3 is 2.76 bits per heavy atom. The van der Waals surface area contributed by atoms with Crippen molar-refractivity contribution in [3.63, 3.8) is 0 Å². The molecule has 0 radical (unpaired) electrons. The van der Waals surface area contributed by atoms with Gasteiger partial charge in [0.1, 0.15) is 0 Å². The number of anilines is 2. The molecule has 0 unspecified atom stereocenters. The van der Waals surface area contributed by atoms with E-state index in [0.29, 0.717) is 18.1 Å². The first-order valence-corrected chi connectivity index (χ1v) is 9.80. The number of fused-ring (bicyclic) bond motifs is 2. The Morgan fingerprint density at radius 2 is 1.86 bits per heavy atom. The van der Waals surface area contributed by atoms with Gasteiger partial charge in [0.25, 0.3) is 5.91 Å². The molecule has 4 aromatic rings. The van der Waals surface area contributed by atoms with Gasteiger partial charge in [-0.1, -0.05) is 36.4 Å². The number of para-hydroxylation sites is 2. The maximum Gasteiger partial charge on any atom is 0.254 e. The van der Waals surface area contributed by atoms with Crippen LogP contribution >= 0.6 is 0 Å². The molecule has 2 N–H and O–H groups in total. The van der Waals surface area contributed by atoms with Crippen LogP contribution in [0.3, 0.4) is 0 Å². The molecule has 1 aliphatic rings. The van der Waals surface area contributed by atoms with Crippen LogP contribution in [0.2, 0.25) is 0 Å². The van der Waals surface area contributed by atoms with Crippen LogP contribution in [0, 0.1) is 0 Å². The smallest absolute Gasteiger partial charge is 0.254 e. The summed E-state index contributed by atoms with van der Waals surface area (Å²) in [6.45, 7) is 1.41. The first-order valence-electron chi connectivity index (χ1n) is 9.80. The van der Waals surface area contributed by atoms with Gasteiger partial charge in [-0.25, -0.2) is 9.97 Å². The van der Waals surface area contributed by atoms with Crippen molar-refractivity contribution in [1.82, 2.24) is 20.3 Å². The Balaban J connectivity index is 1.22. The minimum atomic E-state index is -0.154. The maximum absolute atomic E-state index is 12.5. The van der Waals surface area contributed by atoms with E-state index >= 15 is 0 Å². The van der Waals surface area contributed by atoms with E-state index in [0.717, 1.165) is 30.6 Å². The quantitative estimate of drug-likeness (QED) is 0.552. The number of nitrogens with one attached hydrogen (secondary N) is 2. The SMILES string of the molecule is O=C(NCCc1c[nH]c2ccccc12)c1cnc(N2CCc3ccccc32)nc1. The molecule has 5 rings (SSSR count). The maximum atomic E-state index is 12.5. The van der Waals surface area contributed by atoms with Crippen LogP contribution in [0.1, 0.15) is 21.5 Å². The van der Waals surface area contributed by atoms with Crippen molar-refractivity contribution in [3.05, 3.63) is 83.8 Å². The molecule has 144 valence electrons. The molecule has 2 aromatic carbocycles. The van der Waals surface area contributed by atoms with Crippen molar-refractivity contribution < 1.29 is 4.79 Å². The summed E-state index contributed by atoms with van der Waals surface area (Å²) in [5, 5.41) is 4.15. The minimum absolute atomic E-state index is 0.154. The third kappa shape index (κ3) is 3.33. The molecule has 1 aliphatic heterocycles. The Labute approximate surface area is 168 Å². The van der Waals surface area contributed by atoms with E-state index in [1.54, 1.807) is 12.4 Å². The predicted octanol–water partition coefficient (Wildman–Crippen LogP) is 3.62. The zero-order chi connectivity index (χ0) is 19.6. The largest absolute Gasteiger partial charge is 0.361 e. The highest BCUT2D eigenvalue weighted by Crippen LogP contribution is 2.31. The number of nitrogens with zero attached hydrogens (tertiary/aromatic N) is 3. The number of hydrogen-bond donors (Lipinski definition) is 2. The van der Waals surface area contributed by atoms with Crippen LogP contribution in [0.15, 0.2) is 67.1 Å². The zero-order valence-corrected chi connectivity index (χ0v) is 15.9. The van der Waals surface area contributed by atoms with Crippen molar-refractivity contribution in [2.75, 3.05) is 18.0 Å². The van der Waals surface area contributed by atoms with E-state index in [1.165, 1.54) is 16.5 Å². The number of aromatic nitrogens is 3. The van der Waals surface area contributed by atoms with Gasteiger partial charge in [-0.05, 0) is 36.1 Å². The lowest BCUT2D eigenvalue weighted by atomic mass is 10.1. The van der Waals surface area contributed by atoms with Gasteiger partial charge >= 0.3 is 0 Å². The number of amides is 1. The molecule has 0 aliphatic carbocycles. The third-order valence-corrected chi connectivity index (χ3v) is 5.38. The van der Waals surface area contributed by atoms with Crippen molar-refractivity contribution >= 4 is 28.4 Å². The number of carbonyl (C=O) groups excluding carboxylic acids is 1. The molecule has 29 heavy (non-hydrogen) atoms. The average molecular weight is 383 g/mol. The van der Waals surface area contributed by atoms with Crippen LogP contribution in [-0.2, 0) is 12.8 Å². The van der Waals surface area contributed by atoms with E-state index in [-0.39, 0.29) is 5.91 Å². The molecule has 0 bridgehead atoms. The van der Waals surface area contributed by atoms with Crippen molar-refractivity contribution in [3.8, 4) is 0 Å². The average Bonchev–Trinajstić information content (AvgIpc) is 3.38. The van der Waals surface area contributed by atoms with E-state index in [1.807, 2.05) is 30.5 Å². The van der Waals surface area contributed by atoms with Crippen LogP contribution in [0.25, 0.3) is 10.9 Å². The summed E-state index contributed by atoms with van der Waals surface area (Å²) in [6, 6.07) is 16.5. The normalized spacial score (nSPS) is 12.9. The fraction of sp³-hybridized carbons (Fsp3) is 0.174. The molecule has 1 amide bonds. The Kier molecular flexibility index (Phi) is 4.44. The summed E-state index contributed by atoms with van der Waals surface area (Å²) in [5.41, 5.74) is 5.22. The van der Waals surface area contributed by atoms with Crippen LogP contribution in [0.4, 0.5) is 11.6 Å². The lowest BCUT2D eigenvalue weighted by molar-refractivity contribution is 0.0953. The Bertz CT molecular complexity index is 1170. The number of carbonyl (C=O) groups is 1. The molecule has 0 spiro atoms. The van der Waals surface area contributed by atoms with Gasteiger partial charge in [-0.2, -0.15) is 0 Å². The molecule has 2 aromatic heterocycles. The zero-order valence-electron chi connectivity index (χ0n) is 15.9. The van der Waals surface area contributed by atoms with E-state index < -0.39 is 0 Å². The standard InChI is InChI=1S/C23H21N5O/c29-22(24-11-9-17-13-25-20-7-3-2-6-19(17)20)18-14-26-23(27-15-18)28-12-10-16-5-1-4-8-21(16)28/h1-8,13-15,25H,9-12H2,(H,24,29). The second kappa shape index (κ2) is 7.39.